The highest BCUT2D eigenvalue weighted by atomic mass is 79.9. The van der Waals surface area contributed by atoms with Crippen LogP contribution in [0.25, 0.3) is 0 Å². The van der Waals surface area contributed by atoms with Crippen LogP contribution in [0, 0.1) is 5.92 Å². The molecule has 6 nitrogen and oxygen atoms in total. The zero-order valence-corrected chi connectivity index (χ0v) is 16.5. The molecule has 1 aliphatic heterocycles. The van der Waals surface area contributed by atoms with Crippen LogP contribution in [0.1, 0.15) is 18.9 Å². The van der Waals surface area contributed by atoms with Crippen molar-refractivity contribution in [2.75, 3.05) is 18.1 Å². The lowest BCUT2D eigenvalue weighted by Crippen LogP contribution is -2.30. The summed E-state index contributed by atoms with van der Waals surface area (Å²) in [6, 6.07) is 14.9. The van der Waals surface area contributed by atoms with Crippen molar-refractivity contribution in [3.8, 4) is 5.75 Å². The Balaban J connectivity index is 1.55. The number of ether oxygens (including phenoxy) is 1. The van der Waals surface area contributed by atoms with Crippen molar-refractivity contribution in [1.82, 2.24) is 5.43 Å². The van der Waals surface area contributed by atoms with E-state index in [4.69, 9.17) is 4.74 Å². The number of hydrogen-bond donors (Lipinski definition) is 1. The third-order valence-corrected chi connectivity index (χ3v) is 4.74. The molecule has 1 atom stereocenters. The maximum absolute atomic E-state index is 12.3. The van der Waals surface area contributed by atoms with Gasteiger partial charge in [-0.1, -0.05) is 15.9 Å². The van der Waals surface area contributed by atoms with Gasteiger partial charge in [0.2, 0.25) is 11.8 Å². The molecule has 0 spiro atoms. The maximum atomic E-state index is 12.3. The van der Waals surface area contributed by atoms with Crippen molar-refractivity contribution in [1.29, 1.82) is 0 Å². The molecule has 2 aromatic rings. The average Bonchev–Trinajstić information content (AvgIpc) is 3.06. The lowest BCUT2D eigenvalue weighted by molar-refractivity contribution is -0.126. The normalized spacial score (nSPS) is 16.7. The van der Waals surface area contributed by atoms with Gasteiger partial charge in [0.1, 0.15) is 5.75 Å². The summed E-state index contributed by atoms with van der Waals surface area (Å²) >= 11 is 3.37. The van der Waals surface area contributed by atoms with E-state index < -0.39 is 5.92 Å². The number of carbonyl (C=O) groups excluding carboxylic acids is 2. The van der Waals surface area contributed by atoms with Crippen LogP contribution in [-0.4, -0.2) is 31.2 Å². The molecule has 27 heavy (non-hydrogen) atoms. The molecule has 3 rings (SSSR count). The summed E-state index contributed by atoms with van der Waals surface area (Å²) in [6.07, 6.45) is 1.75. The lowest BCUT2D eigenvalue weighted by Gasteiger charge is -2.16. The van der Waals surface area contributed by atoms with Gasteiger partial charge in [-0.3, -0.25) is 9.59 Å². The van der Waals surface area contributed by atoms with Crippen LogP contribution >= 0.6 is 15.9 Å². The van der Waals surface area contributed by atoms with Crippen LogP contribution in [-0.2, 0) is 9.59 Å². The number of hydrogen-bond acceptors (Lipinski definition) is 4. The smallest absolute Gasteiger partial charge is 0.245 e. The molecule has 0 aliphatic carbocycles. The van der Waals surface area contributed by atoms with Crippen molar-refractivity contribution in [2.24, 2.45) is 11.0 Å². The second-order valence-electron chi connectivity index (χ2n) is 6.12. The first kappa shape index (κ1) is 19.1. The fourth-order valence-corrected chi connectivity index (χ4v) is 3.10. The van der Waals surface area contributed by atoms with E-state index in [1.165, 1.54) is 0 Å². The average molecular weight is 430 g/mol. The molecule has 0 radical (unpaired) electrons. The Kier molecular flexibility index (Phi) is 6.24. The van der Waals surface area contributed by atoms with Crippen LogP contribution < -0.4 is 15.1 Å². The molecule has 0 saturated carbocycles. The van der Waals surface area contributed by atoms with Crippen LogP contribution in [0.3, 0.4) is 0 Å². The van der Waals surface area contributed by atoms with Gasteiger partial charge >= 0.3 is 0 Å². The summed E-state index contributed by atoms with van der Waals surface area (Å²) in [5.74, 6) is 0.0490. The lowest BCUT2D eigenvalue weighted by atomic mass is 10.1. The number of hydrazone groups is 1. The minimum Gasteiger partial charge on any atom is -0.494 e. The van der Waals surface area contributed by atoms with Crippen LogP contribution in [0.4, 0.5) is 5.69 Å². The van der Waals surface area contributed by atoms with E-state index >= 15 is 0 Å². The van der Waals surface area contributed by atoms with E-state index in [1.54, 1.807) is 11.1 Å². The van der Waals surface area contributed by atoms with Crippen molar-refractivity contribution in [3.05, 3.63) is 58.6 Å². The van der Waals surface area contributed by atoms with E-state index in [1.807, 2.05) is 55.5 Å². The van der Waals surface area contributed by atoms with Crippen molar-refractivity contribution < 1.29 is 14.3 Å². The highest BCUT2D eigenvalue weighted by molar-refractivity contribution is 9.10. The first-order valence-electron chi connectivity index (χ1n) is 8.68. The third-order valence-electron chi connectivity index (χ3n) is 4.21. The van der Waals surface area contributed by atoms with Crippen molar-refractivity contribution in [2.45, 2.75) is 13.3 Å². The van der Waals surface area contributed by atoms with Gasteiger partial charge in [0, 0.05) is 23.1 Å². The number of nitrogens with one attached hydrogen (secondary N) is 1. The highest BCUT2D eigenvalue weighted by Crippen LogP contribution is 2.26. The Labute approximate surface area is 166 Å². The zero-order valence-electron chi connectivity index (χ0n) is 14.9. The molecule has 1 saturated heterocycles. The van der Waals surface area contributed by atoms with E-state index in [-0.39, 0.29) is 18.2 Å². The van der Waals surface area contributed by atoms with Gasteiger partial charge in [-0.05, 0) is 61.0 Å². The molecule has 0 aromatic heterocycles. The summed E-state index contributed by atoms with van der Waals surface area (Å²) in [5, 5.41) is 3.99. The molecule has 2 aromatic carbocycles. The fraction of sp³-hybridized carbons (Fsp3) is 0.250. The highest BCUT2D eigenvalue weighted by Gasteiger charge is 2.35. The number of halogens is 1. The Morgan fingerprint density at radius 1 is 1.26 bits per heavy atom. The number of amides is 2. The Hall–Kier alpha value is -2.67. The van der Waals surface area contributed by atoms with Crippen molar-refractivity contribution >= 4 is 39.6 Å². The summed E-state index contributed by atoms with van der Waals surface area (Å²) in [4.78, 5) is 26.2. The number of carbonyl (C=O) groups is 2. The second-order valence-corrected chi connectivity index (χ2v) is 7.03. The SMILES string of the molecule is CCOc1ccc(/C=N\NC(=O)[C@H]2CC(=O)N(c3ccc(Br)cc3)C2)cc1. The molecule has 7 heteroatoms. The summed E-state index contributed by atoms with van der Waals surface area (Å²) in [6.45, 7) is 2.89. The Morgan fingerprint density at radius 3 is 2.63 bits per heavy atom. The number of anilines is 1. The zero-order chi connectivity index (χ0) is 19.2. The van der Waals surface area contributed by atoms with Crippen LogP contribution in [0.2, 0.25) is 0 Å². The monoisotopic (exact) mass is 429 g/mol. The predicted octanol–water partition coefficient (Wildman–Crippen LogP) is 3.35. The van der Waals surface area contributed by atoms with Gasteiger partial charge in [-0.25, -0.2) is 5.43 Å². The molecule has 2 amide bonds. The first-order valence-corrected chi connectivity index (χ1v) is 9.48. The molecule has 140 valence electrons. The molecule has 1 heterocycles. The third kappa shape index (κ3) is 4.95. The first-order chi connectivity index (χ1) is 13.1. The minimum atomic E-state index is -0.418. The predicted molar refractivity (Wildman–Crippen MR) is 108 cm³/mol. The Morgan fingerprint density at radius 2 is 1.96 bits per heavy atom. The van der Waals surface area contributed by atoms with E-state index in [0.29, 0.717) is 13.2 Å². The summed E-state index contributed by atoms with van der Waals surface area (Å²) < 4.78 is 6.32. The van der Waals surface area contributed by atoms with Gasteiger partial charge in [0.25, 0.3) is 0 Å². The molecular weight excluding hydrogens is 410 g/mol. The van der Waals surface area contributed by atoms with Gasteiger partial charge in [0.15, 0.2) is 0 Å². The molecule has 0 bridgehead atoms. The van der Waals surface area contributed by atoms with Gasteiger partial charge in [-0.2, -0.15) is 5.10 Å². The largest absolute Gasteiger partial charge is 0.494 e. The van der Waals surface area contributed by atoms with E-state index in [9.17, 15) is 9.59 Å². The van der Waals surface area contributed by atoms with Gasteiger partial charge in [0.05, 0.1) is 18.7 Å². The van der Waals surface area contributed by atoms with Crippen LogP contribution in [0.5, 0.6) is 5.75 Å². The minimum absolute atomic E-state index is 0.0621. The molecular formula is C20H20BrN3O3. The maximum Gasteiger partial charge on any atom is 0.245 e. The van der Waals surface area contributed by atoms with Crippen molar-refractivity contribution in [3.63, 3.8) is 0 Å². The van der Waals surface area contributed by atoms with E-state index in [2.05, 4.69) is 26.5 Å². The Bertz CT molecular complexity index is 835. The number of rotatable bonds is 6. The fourth-order valence-electron chi connectivity index (χ4n) is 2.83. The number of nitrogens with zero attached hydrogens (tertiary/aromatic N) is 2. The molecule has 1 aliphatic rings. The molecule has 1 N–H and O–H groups in total. The quantitative estimate of drug-likeness (QED) is 0.565. The standard InChI is InChI=1S/C20H20BrN3O3/c1-2-27-18-9-3-14(4-10-18)12-22-23-20(26)15-11-19(25)24(13-15)17-7-5-16(21)6-8-17/h3-10,12,15H,2,11,13H2,1H3,(H,23,26)/b22-12-/t15-/m0/s1. The van der Waals surface area contributed by atoms with E-state index in [0.717, 1.165) is 21.5 Å². The van der Waals surface area contributed by atoms with Crippen LogP contribution in [0.15, 0.2) is 58.1 Å². The summed E-state index contributed by atoms with van der Waals surface area (Å²) in [5.41, 5.74) is 4.16. The molecule has 0 unspecified atom stereocenters. The van der Waals surface area contributed by atoms with Gasteiger partial charge in [-0.15, -0.1) is 0 Å². The van der Waals surface area contributed by atoms with Gasteiger partial charge < -0.3 is 9.64 Å². The number of benzene rings is 2. The topological polar surface area (TPSA) is 71.0 Å². The second kappa shape index (κ2) is 8.81. The summed E-state index contributed by atoms with van der Waals surface area (Å²) in [7, 11) is 0. The molecule has 1 fully saturated rings.